The van der Waals surface area contributed by atoms with Crippen molar-refractivity contribution >= 4 is 77.0 Å². The lowest BCUT2D eigenvalue weighted by Crippen LogP contribution is -2.29. The standard InChI is InChI=1S/C54H35N3/c55-32-33-22-25-40-46-30-37(24-27-49(46)57(50(40)28-33)38-15-2-1-3-16-38)51-41-18-8-10-20-43(41)53(44-21-11-9-19-42(44)51)54-45-26-23-34-12-6-7-17-39(34)52(45)47-29-35-13-4-5-14-36(35)31-48(47)56-54/h1-10,12-20,22-31,46,49H,11,21H2. The summed E-state index contributed by atoms with van der Waals surface area (Å²) in [5.41, 5.74) is 12.7. The molecule has 0 saturated carbocycles. The smallest absolute Gasteiger partial charge is 0.0992 e. The van der Waals surface area contributed by atoms with E-state index in [1.165, 1.54) is 81.9 Å². The first-order chi connectivity index (χ1) is 28.2. The van der Waals surface area contributed by atoms with Gasteiger partial charge in [-0.1, -0.05) is 140 Å². The third-order valence-electron chi connectivity index (χ3n) is 12.6. The van der Waals surface area contributed by atoms with Gasteiger partial charge in [-0.3, -0.25) is 0 Å². The number of nitriles is 1. The van der Waals surface area contributed by atoms with E-state index in [9.17, 15) is 5.26 Å². The lowest BCUT2D eigenvalue weighted by atomic mass is 9.78. The normalized spacial score (nSPS) is 16.9. The molecule has 3 nitrogen and oxygen atoms in total. The Bertz CT molecular complexity index is 3330. The number of pyridine rings is 1. The van der Waals surface area contributed by atoms with Crippen LogP contribution in [0.2, 0.25) is 0 Å². The van der Waals surface area contributed by atoms with Crippen molar-refractivity contribution in [3.8, 4) is 17.3 Å². The molecule has 266 valence electrons. The molecule has 3 heteroatoms. The molecule has 0 bridgehead atoms. The second-order valence-corrected chi connectivity index (χ2v) is 15.6. The Morgan fingerprint density at radius 3 is 2.19 bits per heavy atom. The highest BCUT2D eigenvalue weighted by Gasteiger charge is 2.39. The Hall–Kier alpha value is -7.28. The van der Waals surface area contributed by atoms with Crippen molar-refractivity contribution in [1.82, 2.24) is 4.98 Å². The molecular formula is C54H35N3. The highest BCUT2D eigenvalue weighted by molar-refractivity contribution is 6.25. The zero-order valence-electron chi connectivity index (χ0n) is 31.2. The molecule has 0 spiro atoms. The van der Waals surface area contributed by atoms with Gasteiger partial charge in [-0.2, -0.15) is 5.26 Å². The third-order valence-corrected chi connectivity index (χ3v) is 12.6. The minimum Gasteiger partial charge on any atom is -0.333 e. The number of fused-ring (bicyclic) bond motifs is 11. The zero-order chi connectivity index (χ0) is 37.6. The second-order valence-electron chi connectivity index (χ2n) is 15.6. The molecule has 8 aromatic carbocycles. The summed E-state index contributed by atoms with van der Waals surface area (Å²) in [7, 11) is 0. The van der Waals surface area contributed by atoms with Gasteiger partial charge in [-0.25, -0.2) is 4.98 Å². The van der Waals surface area contributed by atoms with Crippen LogP contribution in [-0.4, -0.2) is 11.0 Å². The SMILES string of the molecule is N#Cc1ccc2c(c1)N(c1ccccc1)C1C=CC(c3c4c(c(-c5nc6cc7ccccc7cc6c6c5ccc5ccccc56)c5ccccc35)CCC=C4)=CC21. The number of rotatable bonds is 3. The monoisotopic (exact) mass is 725 g/mol. The number of allylic oxidation sites excluding steroid dienone is 3. The van der Waals surface area contributed by atoms with Crippen molar-refractivity contribution in [2.75, 3.05) is 4.90 Å². The summed E-state index contributed by atoms with van der Waals surface area (Å²) in [5, 5.41) is 20.9. The van der Waals surface area contributed by atoms with Gasteiger partial charge in [0, 0.05) is 39.0 Å². The summed E-state index contributed by atoms with van der Waals surface area (Å²) < 4.78 is 0. The molecule has 2 heterocycles. The predicted molar refractivity (Wildman–Crippen MR) is 238 cm³/mol. The Morgan fingerprint density at radius 1 is 0.632 bits per heavy atom. The van der Waals surface area contributed by atoms with E-state index in [1.807, 2.05) is 6.07 Å². The summed E-state index contributed by atoms with van der Waals surface area (Å²) in [6.45, 7) is 0. The largest absolute Gasteiger partial charge is 0.333 e. The van der Waals surface area contributed by atoms with E-state index >= 15 is 0 Å². The van der Waals surface area contributed by atoms with Crippen LogP contribution in [-0.2, 0) is 6.42 Å². The van der Waals surface area contributed by atoms with E-state index in [2.05, 4.69) is 181 Å². The van der Waals surface area contributed by atoms with E-state index in [0.717, 1.165) is 35.4 Å². The molecule has 9 aromatic rings. The van der Waals surface area contributed by atoms with Crippen LogP contribution >= 0.6 is 0 Å². The average Bonchev–Trinajstić information content (AvgIpc) is 3.60. The van der Waals surface area contributed by atoms with Crippen LogP contribution in [0, 0.1) is 11.3 Å². The van der Waals surface area contributed by atoms with Gasteiger partial charge >= 0.3 is 0 Å². The van der Waals surface area contributed by atoms with E-state index in [0.29, 0.717) is 5.56 Å². The number of benzene rings is 8. The summed E-state index contributed by atoms with van der Waals surface area (Å²) in [6.07, 6.45) is 13.9. The molecule has 2 aliphatic carbocycles. The molecule has 1 aliphatic heterocycles. The fraction of sp³-hybridized carbons (Fsp3) is 0.0741. The van der Waals surface area contributed by atoms with Crippen molar-refractivity contribution in [3.63, 3.8) is 0 Å². The van der Waals surface area contributed by atoms with Crippen molar-refractivity contribution < 1.29 is 0 Å². The molecule has 1 aromatic heterocycles. The number of anilines is 2. The van der Waals surface area contributed by atoms with Crippen molar-refractivity contribution in [3.05, 3.63) is 198 Å². The maximum absolute atomic E-state index is 9.89. The van der Waals surface area contributed by atoms with Crippen LogP contribution in [0.3, 0.4) is 0 Å². The minimum atomic E-state index is 0.107. The summed E-state index contributed by atoms with van der Waals surface area (Å²) >= 11 is 0. The first-order valence-corrected chi connectivity index (χ1v) is 19.9. The second kappa shape index (κ2) is 12.4. The topological polar surface area (TPSA) is 39.9 Å². The molecular weight excluding hydrogens is 691 g/mol. The zero-order valence-corrected chi connectivity index (χ0v) is 31.2. The Labute approximate surface area is 330 Å². The maximum Gasteiger partial charge on any atom is 0.0992 e. The number of hydrogen-bond donors (Lipinski definition) is 0. The summed E-state index contributed by atoms with van der Waals surface area (Å²) in [5.74, 6) is 0.129. The van der Waals surface area contributed by atoms with Gasteiger partial charge in [-0.05, 0) is 109 Å². The molecule has 0 amide bonds. The van der Waals surface area contributed by atoms with Gasteiger partial charge in [-0.15, -0.1) is 0 Å². The minimum absolute atomic E-state index is 0.107. The van der Waals surface area contributed by atoms with E-state index in [1.54, 1.807) is 0 Å². The summed E-state index contributed by atoms with van der Waals surface area (Å²) in [4.78, 5) is 8.08. The van der Waals surface area contributed by atoms with Crippen LogP contribution in [0.25, 0.3) is 76.9 Å². The quantitative estimate of drug-likeness (QED) is 0.134. The number of nitrogens with zero attached hydrogens (tertiary/aromatic N) is 3. The van der Waals surface area contributed by atoms with Crippen LogP contribution in [0.1, 0.15) is 40.2 Å². The number of aromatic nitrogens is 1. The Kier molecular flexibility index (Phi) is 6.94. The lowest BCUT2D eigenvalue weighted by Gasteiger charge is -2.31. The van der Waals surface area contributed by atoms with Crippen molar-refractivity contribution in [1.29, 1.82) is 5.26 Å². The Morgan fingerprint density at radius 2 is 1.37 bits per heavy atom. The van der Waals surface area contributed by atoms with Gasteiger partial charge in [0.1, 0.15) is 0 Å². The van der Waals surface area contributed by atoms with E-state index in [-0.39, 0.29) is 12.0 Å². The molecule has 0 N–H and O–H groups in total. The highest BCUT2D eigenvalue weighted by atomic mass is 15.2. The van der Waals surface area contributed by atoms with Gasteiger partial charge in [0.25, 0.3) is 0 Å². The highest BCUT2D eigenvalue weighted by Crippen LogP contribution is 2.52. The van der Waals surface area contributed by atoms with Gasteiger partial charge in [0.2, 0.25) is 0 Å². The van der Waals surface area contributed by atoms with Gasteiger partial charge in [0.15, 0.2) is 0 Å². The molecule has 0 fully saturated rings. The Balaban J connectivity index is 1.12. The first-order valence-electron chi connectivity index (χ1n) is 19.9. The van der Waals surface area contributed by atoms with Gasteiger partial charge < -0.3 is 4.90 Å². The van der Waals surface area contributed by atoms with Crippen LogP contribution in [0.4, 0.5) is 11.4 Å². The lowest BCUT2D eigenvalue weighted by molar-refractivity contribution is 0.747. The van der Waals surface area contributed by atoms with Gasteiger partial charge in [0.05, 0.1) is 28.9 Å². The first kappa shape index (κ1) is 32.0. The molecule has 57 heavy (non-hydrogen) atoms. The summed E-state index contributed by atoms with van der Waals surface area (Å²) in [6, 6.07) is 54.9. The van der Waals surface area contributed by atoms with Crippen LogP contribution in [0.5, 0.6) is 0 Å². The maximum atomic E-state index is 9.89. The number of para-hydroxylation sites is 1. The molecule has 0 radical (unpaired) electrons. The molecule has 2 unspecified atom stereocenters. The predicted octanol–water partition coefficient (Wildman–Crippen LogP) is 13.6. The number of hydrogen-bond acceptors (Lipinski definition) is 3. The van der Waals surface area contributed by atoms with Crippen molar-refractivity contribution in [2.45, 2.75) is 24.8 Å². The molecule has 2 atom stereocenters. The van der Waals surface area contributed by atoms with Crippen LogP contribution < -0.4 is 4.90 Å². The fourth-order valence-electron chi connectivity index (χ4n) is 10.1. The molecule has 12 rings (SSSR count). The molecule has 3 aliphatic rings. The van der Waals surface area contributed by atoms with Crippen molar-refractivity contribution in [2.24, 2.45) is 0 Å². The fourth-order valence-corrected chi connectivity index (χ4v) is 10.1. The van der Waals surface area contributed by atoms with E-state index < -0.39 is 0 Å². The molecule has 0 saturated heterocycles. The van der Waals surface area contributed by atoms with E-state index in [4.69, 9.17) is 4.98 Å². The average molecular weight is 726 g/mol. The third kappa shape index (κ3) is 4.74. The van der Waals surface area contributed by atoms with Crippen LogP contribution in [0.15, 0.2) is 170 Å².